The number of H-pyrrole nitrogens is 1. The summed E-state index contributed by atoms with van der Waals surface area (Å²) >= 11 is 0. The number of hydrogen-bond donors (Lipinski definition) is 4. The van der Waals surface area contributed by atoms with Gasteiger partial charge < -0.3 is 16.4 Å². The molecule has 0 bridgehead atoms. The van der Waals surface area contributed by atoms with E-state index < -0.39 is 0 Å². The Bertz CT molecular complexity index is 1150. The van der Waals surface area contributed by atoms with Gasteiger partial charge in [-0.25, -0.2) is 9.78 Å². The molecule has 2 aromatic carbocycles. The Morgan fingerprint density at radius 2 is 1.66 bits per heavy atom. The molecule has 0 fully saturated rings. The molecule has 0 saturated heterocycles. The largest absolute Gasteiger partial charge is 0.383 e. The molecule has 2 aromatic heterocycles. The molecule has 7 nitrogen and oxygen atoms in total. The average Bonchev–Trinajstić information content (AvgIpc) is 3.09. The van der Waals surface area contributed by atoms with Crippen LogP contribution in [-0.2, 0) is 0 Å². The zero-order valence-corrected chi connectivity index (χ0v) is 16.2. The number of nitrogens with two attached hydrogens (primary N) is 1. The van der Waals surface area contributed by atoms with Gasteiger partial charge in [-0.1, -0.05) is 44.2 Å². The van der Waals surface area contributed by atoms with E-state index in [-0.39, 0.29) is 11.9 Å². The van der Waals surface area contributed by atoms with Crippen molar-refractivity contribution in [1.82, 2.24) is 15.2 Å². The Labute approximate surface area is 168 Å². The highest BCUT2D eigenvalue weighted by atomic mass is 16.2. The molecule has 0 aliphatic rings. The van der Waals surface area contributed by atoms with Crippen LogP contribution < -0.4 is 16.4 Å². The number of benzene rings is 2. The first kappa shape index (κ1) is 18.5. The van der Waals surface area contributed by atoms with Crippen LogP contribution in [0.2, 0.25) is 0 Å². The fourth-order valence-corrected chi connectivity index (χ4v) is 3.14. The standard InChI is InChI=1S/C22H22N6O/c1-13(2)18-12-17(19-20(23)27-28-21(19)26-18)14-8-10-16(11-9-14)25-22(29)24-15-6-4-3-5-7-15/h3-13H,1-2H3,(H2,24,25,29)(H3,23,26,27,28). The second kappa shape index (κ2) is 7.63. The number of aromatic nitrogens is 3. The summed E-state index contributed by atoms with van der Waals surface area (Å²) in [4.78, 5) is 16.8. The van der Waals surface area contributed by atoms with Crippen molar-refractivity contribution in [3.63, 3.8) is 0 Å². The molecule has 4 aromatic rings. The van der Waals surface area contributed by atoms with E-state index in [1.807, 2.05) is 60.7 Å². The number of carbonyl (C=O) groups excluding carboxylic acids is 1. The molecule has 0 saturated carbocycles. The molecule has 0 aliphatic carbocycles. The van der Waals surface area contributed by atoms with Crippen LogP contribution in [0.3, 0.4) is 0 Å². The molecule has 0 spiro atoms. The van der Waals surface area contributed by atoms with Crippen LogP contribution >= 0.6 is 0 Å². The molecule has 2 heterocycles. The van der Waals surface area contributed by atoms with Crippen molar-refractivity contribution in [2.24, 2.45) is 0 Å². The molecule has 0 aliphatic heterocycles. The quantitative estimate of drug-likeness (QED) is 0.397. The van der Waals surface area contributed by atoms with Crippen molar-refractivity contribution >= 4 is 34.3 Å². The van der Waals surface area contributed by atoms with Crippen LogP contribution in [0.15, 0.2) is 60.7 Å². The van der Waals surface area contributed by atoms with Crippen molar-refractivity contribution in [1.29, 1.82) is 0 Å². The second-order valence-corrected chi connectivity index (χ2v) is 7.11. The van der Waals surface area contributed by atoms with E-state index in [1.165, 1.54) is 0 Å². The highest BCUT2D eigenvalue weighted by Crippen LogP contribution is 2.33. The number of fused-ring (bicyclic) bond motifs is 1. The maximum absolute atomic E-state index is 12.2. The highest BCUT2D eigenvalue weighted by Gasteiger charge is 2.15. The fourth-order valence-electron chi connectivity index (χ4n) is 3.14. The fraction of sp³-hybridized carbons (Fsp3) is 0.136. The lowest BCUT2D eigenvalue weighted by atomic mass is 9.99. The van der Waals surface area contributed by atoms with Crippen LogP contribution in [0.1, 0.15) is 25.5 Å². The predicted octanol–water partition coefficient (Wildman–Crippen LogP) is 4.97. The van der Waals surface area contributed by atoms with Gasteiger partial charge in [-0.3, -0.25) is 5.10 Å². The van der Waals surface area contributed by atoms with E-state index >= 15 is 0 Å². The van der Waals surface area contributed by atoms with Crippen molar-refractivity contribution < 1.29 is 4.79 Å². The zero-order valence-electron chi connectivity index (χ0n) is 16.2. The lowest BCUT2D eigenvalue weighted by Crippen LogP contribution is -2.19. The maximum Gasteiger partial charge on any atom is 0.323 e. The lowest BCUT2D eigenvalue weighted by Gasteiger charge is -2.11. The van der Waals surface area contributed by atoms with Gasteiger partial charge in [0.15, 0.2) is 5.65 Å². The number of nitrogens with zero attached hydrogens (tertiary/aromatic N) is 2. The number of aromatic amines is 1. The summed E-state index contributed by atoms with van der Waals surface area (Å²) in [7, 11) is 0. The third-order valence-corrected chi connectivity index (χ3v) is 4.65. The summed E-state index contributed by atoms with van der Waals surface area (Å²) in [5.41, 5.74) is 11.0. The number of nitrogen functional groups attached to an aromatic ring is 1. The minimum atomic E-state index is -0.295. The zero-order chi connectivity index (χ0) is 20.4. The van der Waals surface area contributed by atoms with Crippen molar-refractivity contribution in [2.45, 2.75) is 19.8 Å². The van der Waals surface area contributed by atoms with Crippen LogP contribution in [0.25, 0.3) is 22.2 Å². The molecular formula is C22H22N6O. The van der Waals surface area contributed by atoms with E-state index in [9.17, 15) is 4.79 Å². The summed E-state index contributed by atoms with van der Waals surface area (Å²) in [6.45, 7) is 4.18. The number of amides is 2. The second-order valence-electron chi connectivity index (χ2n) is 7.11. The van der Waals surface area contributed by atoms with E-state index in [2.05, 4.69) is 39.7 Å². The molecule has 0 radical (unpaired) electrons. The van der Waals surface area contributed by atoms with Crippen molar-refractivity contribution in [3.05, 3.63) is 66.4 Å². The molecule has 0 atom stereocenters. The van der Waals surface area contributed by atoms with E-state index in [0.29, 0.717) is 17.2 Å². The topological polar surface area (TPSA) is 109 Å². The Hall–Kier alpha value is -3.87. The van der Waals surface area contributed by atoms with Gasteiger partial charge in [0, 0.05) is 17.1 Å². The van der Waals surface area contributed by atoms with Gasteiger partial charge in [-0.15, -0.1) is 0 Å². The van der Waals surface area contributed by atoms with Crippen LogP contribution in [0.4, 0.5) is 22.0 Å². The SMILES string of the molecule is CC(C)c1cc(-c2ccc(NC(=O)Nc3ccccc3)cc2)c2c(N)[nH]nc2n1. The monoisotopic (exact) mass is 386 g/mol. The normalized spacial score (nSPS) is 11.0. The number of nitrogens with one attached hydrogen (secondary N) is 3. The summed E-state index contributed by atoms with van der Waals surface area (Å²) < 4.78 is 0. The van der Waals surface area contributed by atoms with Gasteiger partial charge in [0.2, 0.25) is 0 Å². The number of urea groups is 1. The van der Waals surface area contributed by atoms with Crippen LogP contribution in [0.5, 0.6) is 0 Å². The Balaban J connectivity index is 1.59. The van der Waals surface area contributed by atoms with Crippen LogP contribution in [0, 0.1) is 0 Å². The molecule has 7 heteroatoms. The van der Waals surface area contributed by atoms with Gasteiger partial charge in [-0.05, 0) is 47.4 Å². The molecule has 146 valence electrons. The molecule has 29 heavy (non-hydrogen) atoms. The van der Waals surface area contributed by atoms with Crippen molar-refractivity contribution in [3.8, 4) is 11.1 Å². The third-order valence-electron chi connectivity index (χ3n) is 4.65. The Morgan fingerprint density at radius 1 is 1.00 bits per heavy atom. The average molecular weight is 386 g/mol. The first-order valence-corrected chi connectivity index (χ1v) is 9.39. The van der Waals surface area contributed by atoms with Crippen molar-refractivity contribution in [2.75, 3.05) is 16.4 Å². The Kier molecular flexibility index (Phi) is 4.87. The smallest absolute Gasteiger partial charge is 0.323 e. The predicted molar refractivity (Wildman–Crippen MR) is 117 cm³/mol. The summed E-state index contributed by atoms with van der Waals surface area (Å²) in [5.74, 6) is 0.751. The summed E-state index contributed by atoms with van der Waals surface area (Å²) in [6.07, 6.45) is 0. The van der Waals surface area contributed by atoms with E-state index in [0.717, 1.165) is 27.9 Å². The first-order valence-electron chi connectivity index (χ1n) is 9.39. The third kappa shape index (κ3) is 3.89. The van der Waals surface area contributed by atoms with E-state index in [4.69, 9.17) is 5.73 Å². The minimum absolute atomic E-state index is 0.263. The van der Waals surface area contributed by atoms with Gasteiger partial charge in [0.1, 0.15) is 5.82 Å². The first-order chi connectivity index (χ1) is 14.0. The summed E-state index contributed by atoms with van der Waals surface area (Å²) in [6, 6.07) is 18.7. The van der Waals surface area contributed by atoms with Gasteiger partial charge in [0.05, 0.1) is 5.39 Å². The minimum Gasteiger partial charge on any atom is -0.383 e. The number of rotatable bonds is 4. The number of carbonyl (C=O) groups is 1. The van der Waals surface area contributed by atoms with E-state index in [1.54, 1.807) is 0 Å². The molecule has 2 amide bonds. The molecule has 4 rings (SSSR count). The maximum atomic E-state index is 12.2. The van der Waals surface area contributed by atoms with Gasteiger partial charge in [0.25, 0.3) is 0 Å². The molecular weight excluding hydrogens is 364 g/mol. The Morgan fingerprint density at radius 3 is 2.31 bits per heavy atom. The lowest BCUT2D eigenvalue weighted by molar-refractivity contribution is 0.262. The number of hydrogen-bond acceptors (Lipinski definition) is 4. The van der Waals surface area contributed by atoms with Crippen LogP contribution in [-0.4, -0.2) is 21.2 Å². The number of pyridine rings is 1. The van der Waals surface area contributed by atoms with Gasteiger partial charge >= 0.3 is 6.03 Å². The number of anilines is 3. The molecule has 0 unspecified atom stereocenters. The number of para-hydroxylation sites is 1. The summed E-state index contributed by atoms with van der Waals surface area (Å²) in [5, 5.41) is 13.5. The van der Waals surface area contributed by atoms with Gasteiger partial charge in [-0.2, -0.15) is 5.10 Å². The molecule has 5 N–H and O–H groups in total. The highest BCUT2D eigenvalue weighted by molar-refractivity contribution is 6.01.